The van der Waals surface area contributed by atoms with Crippen LogP contribution in [0.2, 0.25) is 0 Å². The summed E-state index contributed by atoms with van der Waals surface area (Å²) in [4.78, 5) is 13.7. The highest BCUT2D eigenvalue weighted by molar-refractivity contribution is 5.75. The molecule has 0 amide bonds. The molecular weight excluding hydrogens is 284 g/mol. The molecule has 1 aromatic carbocycles. The van der Waals surface area contributed by atoms with Gasteiger partial charge in [-0.05, 0) is 30.9 Å². The standard InChI is InChI=1S/C16H24N2O4/c1-20-14-5-4-12(9-15(14)21-2)18-7-6-11(10-18)8-13(17)16(19)22-3/h4-5,9,11,13H,6-8,10,17H2,1-3H3. The highest BCUT2D eigenvalue weighted by Crippen LogP contribution is 2.34. The predicted molar refractivity (Wildman–Crippen MR) is 84.5 cm³/mol. The van der Waals surface area contributed by atoms with Crippen molar-refractivity contribution in [2.45, 2.75) is 18.9 Å². The number of ether oxygens (including phenoxy) is 3. The molecule has 1 aliphatic rings. The van der Waals surface area contributed by atoms with Gasteiger partial charge < -0.3 is 24.8 Å². The van der Waals surface area contributed by atoms with Crippen LogP contribution < -0.4 is 20.1 Å². The zero-order valence-corrected chi connectivity index (χ0v) is 13.4. The fraction of sp³-hybridized carbons (Fsp3) is 0.562. The second kappa shape index (κ2) is 7.35. The first-order valence-corrected chi connectivity index (χ1v) is 7.39. The van der Waals surface area contributed by atoms with Crippen molar-refractivity contribution in [1.29, 1.82) is 0 Å². The van der Waals surface area contributed by atoms with E-state index in [0.29, 0.717) is 12.3 Å². The summed E-state index contributed by atoms with van der Waals surface area (Å²) in [7, 11) is 4.62. The minimum Gasteiger partial charge on any atom is -0.493 e. The summed E-state index contributed by atoms with van der Waals surface area (Å²) in [6.45, 7) is 1.81. The monoisotopic (exact) mass is 308 g/mol. The molecule has 1 saturated heterocycles. The van der Waals surface area contributed by atoms with Crippen molar-refractivity contribution in [1.82, 2.24) is 0 Å². The van der Waals surface area contributed by atoms with Gasteiger partial charge in [0.25, 0.3) is 0 Å². The number of hydrogen-bond donors (Lipinski definition) is 1. The molecule has 1 aliphatic heterocycles. The molecule has 0 aromatic heterocycles. The van der Waals surface area contributed by atoms with Gasteiger partial charge in [-0.1, -0.05) is 0 Å². The normalized spacial score (nSPS) is 18.9. The molecule has 6 nitrogen and oxygen atoms in total. The quantitative estimate of drug-likeness (QED) is 0.801. The number of carbonyl (C=O) groups is 1. The van der Waals surface area contributed by atoms with Gasteiger partial charge in [-0.25, -0.2) is 0 Å². The smallest absolute Gasteiger partial charge is 0.322 e. The summed E-state index contributed by atoms with van der Waals surface area (Å²) in [5.74, 6) is 1.48. The molecule has 1 heterocycles. The van der Waals surface area contributed by atoms with Gasteiger partial charge in [-0.15, -0.1) is 0 Å². The molecule has 0 saturated carbocycles. The van der Waals surface area contributed by atoms with Crippen molar-refractivity contribution >= 4 is 11.7 Å². The van der Waals surface area contributed by atoms with E-state index in [1.807, 2.05) is 18.2 Å². The maximum atomic E-state index is 11.4. The Morgan fingerprint density at radius 2 is 2.05 bits per heavy atom. The molecule has 1 fully saturated rings. The Hall–Kier alpha value is -1.95. The molecule has 22 heavy (non-hydrogen) atoms. The molecule has 2 rings (SSSR count). The molecule has 2 N–H and O–H groups in total. The second-order valence-corrected chi connectivity index (χ2v) is 5.51. The Kier molecular flexibility index (Phi) is 5.49. The number of hydrogen-bond acceptors (Lipinski definition) is 6. The fourth-order valence-electron chi connectivity index (χ4n) is 2.89. The lowest BCUT2D eigenvalue weighted by Crippen LogP contribution is -2.34. The third-order valence-electron chi connectivity index (χ3n) is 4.11. The van der Waals surface area contributed by atoms with Crippen molar-refractivity contribution in [2.75, 3.05) is 39.3 Å². The maximum Gasteiger partial charge on any atom is 0.322 e. The molecule has 2 unspecified atom stereocenters. The molecule has 0 aliphatic carbocycles. The van der Waals surface area contributed by atoms with Crippen LogP contribution in [-0.4, -0.2) is 46.4 Å². The topological polar surface area (TPSA) is 74.0 Å². The van der Waals surface area contributed by atoms with Gasteiger partial charge in [-0.3, -0.25) is 4.79 Å². The Morgan fingerprint density at radius 1 is 1.32 bits per heavy atom. The summed E-state index contributed by atoms with van der Waals surface area (Å²) in [5, 5.41) is 0. The Balaban J connectivity index is 1.99. The van der Waals surface area contributed by atoms with Crippen LogP contribution in [0.4, 0.5) is 5.69 Å². The molecule has 0 radical (unpaired) electrons. The number of nitrogens with two attached hydrogens (primary N) is 1. The minimum atomic E-state index is -0.541. The van der Waals surface area contributed by atoms with E-state index in [-0.39, 0.29) is 5.97 Å². The number of methoxy groups -OCH3 is 3. The second-order valence-electron chi connectivity index (χ2n) is 5.51. The highest BCUT2D eigenvalue weighted by Gasteiger charge is 2.27. The van der Waals surface area contributed by atoms with Crippen molar-refractivity contribution in [3.63, 3.8) is 0 Å². The molecule has 122 valence electrons. The van der Waals surface area contributed by atoms with Crippen LogP contribution in [0.5, 0.6) is 11.5 Å². The zero-order chi connectivity index (χ0) is 16.1. The van der Waals surface area contributed by atoms with Gasteiger partial charge in [-0.2, -0.15) is 0 Å². The van der Waals surface area contributed by atoms with Crippen LogP contribution in [0.15, 0.2) is 18.2 Å². The number of anilines is 1. The first kappa shape index (κ1) is 16.4. The fourth-order valence-corrected chi connectivity index (χ4v) is 2.89. The van der Waals surface area contributed by atoms with Gasteiger partial charge in [0.2, 0.25) is 0 Å². The lowest BCUT2D eigenvalue weighted by Gasteiger charge is -2.21. The van der Waals surface area contributed by atoms with Crippen LogP contribution in [0.3, 0.4) is 0 Å². The summed E-state index contributed by atoms with van der Waals surface area (Å²) in [5.41, 5.74) is 6.94. The first-order chi connectivity index (χ1) is 10.6. The van der Waals surface area contributed by atoms with E-state index in [1.165, 1.54) is 7.11 Å². The Labute approximate surface area is 131 Å². The van der Waals surface area contributed by atoms with Crippen LogP contribution in [0, 0.1) is 5.92 Å². The number of nitrogens with zero attached hydrogens (tertiary/aromatic N) is 1. The van der Waals surface area contributed by atoms with Crippen LogP contribution >= 0.6 is 0 Å². The summed E-state index contributed by atoms with van der Waals surface area (Å²) in [6.07, 6.45) is 1.66. The van der Waals surface area contributed by atoms with Gasteiger partial charge >= 0.3 is 5.97 Å². The van der Waals surface area contributed by atoms with Gasteiger partial charge in [0.1, 0.15) is 6.04 Å². The van der Waals surface area contributed by atoms with E-state index in [0.717, 1.165) is 36.7 Å². The molecule has 6 heteroatoms. The van der Waals surface area contributed by atoms with Gasteiger partial charge in [0.05, 0.1) is 21.3 Å². The average Bonchev–Trinajstić information content (AvgIpc) is 3.01. The summed E-state index contributed by atoms with van der Waals surface area (Å²) in [6, 6.07) is 5.35. The summed E-state index contributed by atoms with van der Waals surface area (Å²) < 4.78 is 15.3. The molecule has 1 aromatic rings. The van der Waals surface area contributed by atoms with Crippen LogP contribution in [0.25, 0.3) is 0 Å². The van der Waals surface area contributed by atoms with E-state index in [4.69, 9.17) is 15.2 Å². The number of rotatable bonds is 6. The van der Waals surface area contributed by atoms with E-state index >= 15 is 0 Å². The highest BCUT2D eigenvalue weighted by atomic mass is 16.5. The van der Waals surface area contributed by atoms with E-state index in [9.17, 15) is 4.79 Å². The third kappa shape index (κ3) is 3.62. The number of benzene rings is 1. The largest absolute Gasteiger partial charge is 0.493 e. The average molecular weight is 308 g/mol. The Bertz CT molecular complexity index is 521. The SMILES string of the molecule is COC(=O)C(N)CC1CCN(c2ccc(OC)c(OC)c2)C1. The zero-order valence-electron chi connectivity index (χ0n) is 13.4. The van der Waals surface area contributed by atoms with Gasteiger partial charge in [0.15, 0.2) is 11.5 Å². The Morgan fingerprint density at radius 3 is 2.68 bits per heavy atom. The van der Waals surface area contributed by atoms with E-state index in [2.05, 4.69) is 9.64 Å². The minimum absolute atomic E-state index is 0.343. The predicted octanol–water partition coefficient (Wildman–Crippen LogP) is 1.42. The molecule has 0 bridgehead atoms. The van der Waals surface area contributed by atoms with Gasteiger partial charge in [0, 0.05) is 24.8 Å². The van der Waals surface area contributed by atoms with Crippen molar-refractivity contribution in [2.24, 2.45) is 11.7 Å². The molecule has 2 atom stereocenters. The van der Waals surface area contributed by atoms with Crippen LogP contribution in [-0.2, 0) is 9.53 Å². The maximum absolute atomic E-state index is 11.4. The first-order valence-electron chi connectivity index (χ1n) is 7.39. The van der Waals surface area contributed by atoms with Crippen molar-refractivity contribution in [3.8, 4) is 11.5 Å². The number of esters is 1. The number of carbonyl (C=O) groups excluding carboxylic acids is 1. The van der Waals surface area contributed by atoms with Crippen LogP contribution in [0.1, 0.15) is 12.8 Å². The lowest BCUT2D eigenvalue weighted by atomic mass is 10.00. The van der Waals surface area contributed by atoms with E-state index in [1.54, 1.807) is 14.2 Å². The lowest BCUT2D eigenvalue weighted by molar-refractivity contribution is -0.142. The molecule has 0 spiro atoms. The van der Waals surface area contributed by atoms with E-state index < -0.39 is 6.04 Å². The summed E-state index contributed by atoms with van der Waals surface area (Å²) >= 11 is 0. The van der Waals surface area contributed by atoms with Crippen molar-refractivity contribution in [3.05, 3.63) is 18.2 Å². The van der Waals surface area contributed by atoms with Crippen molar-refractivity contribution < 1.29 is 19.0 Å². The molecular formula is C16H24N2O4. The third-order valence-corrected chi connectivity index (χ3v) is 4.11.